The Labute approximate surface area is 115 Å². The molecule has 19 heavy (non-hydrogen) atoms. The van der Waals surface area contributed by atoms with E-state index in [9.17, 15) is 0 Å². The van der Waals surface area contributed by atoms with Crippen LogP contribution in [0, 0.1) is 0 Å². The summed E-state index contributed by atoms with van der Waals surface area (Å²) in [6, 6.07) is 13.0. The van der Waals surface area contributed by atoms with Crippen LogP contribution in [0.25, 0.3) is 11.1 Å². The zero-order valence-electron chi connectivity index (χ0n) is 11.7. The van der Waals surface area contributed by atoms with Crippen molar-refractivity contribution >= 4 is 11.4 Å². The number of benzene rings is 2. The smallest absolute Gasteiger partial charge is 0.0751 e. The Balaban J connectivity index is 2.13. The molecule has 0 bridgehead atoms. The molecule has 2 aromatic rings. The number of hydrogen-bond donors (Lipinski definition) is 0. The summed E-state index contributed by atoms with van der Waals surface area (Å²) in [7, 11) is 0. The van der Waals surface area contributed by atoms with Crippen molar-refractivity contribution in [2.75, 3.05) is 0 Å². The second-order valence-corrected chi connectivity index (χ2v) is 5.23. The molecule has 1 heteroatoms. The summed E-state index contributed by atoms with van der Waals surface area (Å²) in [6.07, 6.45) is 4.67. The van der Waals surface area contributed by atoms with Crippen molar-refractivity contribution in [3.05, 3.63) is 47.5 Å². The van der Waals surface area contributed by atoms with Crippen molar-refractivity contribution in [2.24, 2.45) is 0 Å². The van der Waals surface area contributed by atoms with Gasteiger partial charge in [-0.25, -0.2) is 5.32 Å². The molecule has 0 fully saturated rings. The van der Waals surface area contributed by atoms with Gasteiger partial charge < -0.3 is 0 Å². The molecule has 0 unspecified atom stereocenters. The highest BCUT2D eigenvalue weighted by Gasteiger charge is 2.23. The highest BCUT2D eigenvalue weighted by molar-refractivity contribution is 5.92. The van der Waals surface area contributed by atoms with Gasteiger partial charge in [-0.1, -0.05) is 57.0 Å². The van der Waals surface area contributed by atoms with Crippen LogP contribution in [0.5, 0.6) is 0 Å². The van der Waals surface area contributed by atoms with Gasteiger partial charge in [-0.05, 0) is 30.0 Å². The van der Waals surface area contributed by atoms with Crippen LogP contribution >= 0.6 is 0 Å². The van der Waals surface area contributed by atoms with Crippen LogP contribution in [-0.2, 0) is 12.8 Å². The average Bonchev–Trinajstić information content (AvgIpc) is 2.81. The van der Waals surface area contributed by atoms with E-state index >= 15 is 0 Å². The number of para-hydroxylation sites is 1. The summed E-state index contributed by atoms with van der Waals surface area (Å²) in [6.45, 7) is 4.49. The summed E-state index contributed by atoms with van der Waals surface area (Å²) in [5, 5.41) is 4.88. The fourth-order valence-electron chi connectivity index (χ4n) is 2.97. The van der Waals surface area contributed by atoms with E-state index in [1.54, 1.807) is 0 Å². The number of rotatable bonds is 4. The molecular formula is C18H20N. The molecule has 0 saturated heterocycles. The molecule has 1 nitrogen and oxygen atoms in total. The number of aryl methyl sites for hydroxylation is 1. The summed E-state index contributed by atoms with van der Waals surface area (Å²) in [5.74, 6) is 0. The molecule has 0 saturated carbocycles. The molecule has 2 aromatic carbocycles. The van der Waals surface area contributed by atoms with Crippen molar-refractivity contribution in [3.63, 3.8) is 0 Å². The Morgan fingerprint density at radius 2 is 1.63 bits per heavy atom. The van der Waals surface area contributed by atoms with E-state index in [0.717, 1.165) is 18.5 Å². The van der Waals surface area contributed by atoms with Crippen LogP contribution in [-0.4, -0.2) is 0 Å². The normalized spacial score (nSPS) is 11.9. The van der Waals surface area contributed by atoms with Gasteiger partial charge in [-0.2, -0.15) is 0 Å². The molecule has 0 spiro atoms. The van der Waals surface area contributed by atoms with E-state index < -0.39 is 0 Å². The largest absolute Gasteiger partial charge is 0.247 e. The molecule has 1 heterocycles. The van der Waals surface area contributed by atoms with Gasteiger partial charge in [0.15, 0.2) is 0 Å². The average molecular weight is 250 g/mol. The third-order valence-corrected chi connectivity index (χ3v) is 3.83. The predicted octanol–water partition coefficient (Wildman–Crippen LogP) is 5.14. The maximum absolute atomic E-state index is 4.88. The number of fused-ring (bicyclic) bond motifs is 3. The van der Waals surface area contributed by atoms with Gasteiger partial charge >= 0.3 is 0 Å². The molecule has 0 aliphatic carbocycles. The zero-order chi connectivity index (χ0) is 13.2. The molecule has 0 N–H and O–H groups in total. The lowest BCUT2D eigenvalue weighted by Gasteiger charge is -2.12. The summed E-state index contributed by atoms with van der Waals surface area (Å²) < 4.78 is 0. The first-order valence-corrected chi connectivity index (χ1v) is 7.31. The predicted molar refractivity (Wildman–Crippen MR) is 81.3 cm³/mol. The fraction of sp³-hybridized carbons (Fsp3) is 0.333. The minimum Gasteiger partial charge on any atom is -0.247 e. The highest BCUT2D eigenvalue weighted by Crippen LogP contribution is 2.45. The second kappa shape index (κ2) is 5.08. The van der Waals surface area contributed by atoms with Crippen molar-refractivity contribution in [2.45, 2.75) is 39.5 Å². The van der Waals surface area contributed by atoms with Crippen molar-refractivity contribution in [3.8, 4) is 11.1 Å². The Bertz CT molecular complexity index is 599. The van der Waals surface area contributed by atoms with E-state index in [1.165, 1.54) is 40.8 Å². The fourth-order valence-corrected chi connectivity index (χ4v) is 2.97. The summed E-state index contributed by atoms with van der Waals surface area (Å²) in [4.78, 5) is 0. The standard InChI is InChI=1S/C18H20N/c1-3-7-13-11-12-16-15-9-5-6-10-17(15)19-18(16)14(13)8-4-2/h5-6,9-12H,3-4,7-8H2,1-2H3. The first-order chi connectivity index (χ1) is 9.35. The van der Waals surface area contributed by atoms with Gasteiger partial charge in [0.25, 0.3) is 0 Å². The van der Waals surface area contributed by atoms with Gasteiger partial charge in [-0.15, -0.1) is 0 Å². The van der Waals surface area contributed by atoms with Crippen LogP contribution in [0.1, 0.15) is 37.8 Å². The van der Waals surface area contributed by atoms with Crippen molar-refractivity contribution in [1.29, 1.82) is 0 Å². The number of hydrogen-bond acceptors (Lipinski definition) is 0. The first-order valence-electron chi connectivity index (χ1n) is 7.31. The Hall–Kier alpha value is -1.76. The van der Waals surface area contributed by atoms with Crippen LogP contribution in [0.4, 0.5) is 11.4 Å². The minimum atomic E-state index is 1.13. The third-order valence-electron chi connectivity index (χ3n) is 3.83. The van der Waals surface area contributed by atoms with Crippen LogP contribution in [0.2, 0.25) is 0 Å². The van der Waals surface area contributed by atoms with Crippen molar-refractivity contribution < 1.29 is 0 Å². The van der Waals surface area contributed by atoms with Crippen LogP contribution < -0.4 is 5.32 Å². The summed E-state index contributed by atoms with van der Waals surface area (Å²) >= 11 is 0. The maximum atomic E-state index is 4.88. The van der Waals surface area contributed by atoms with Crippen molar-refractivity contribution in [1.82, 2.24) is 5.32 Å². The molecule has 97 valence electrons. The molecule has 3 rings (SSSR count). The lowest BCUT2D eigenvalue weighted by molar-refractivity contribution is 0.858. The van der Waals surface area contributed by atoms with Gasteiger partial charge in [0.2, 0.25) is 0 Å². The molecule has 0 amide bonds. The van der Waals surface area contributed by atoms with Crippen LogP contribution in [0.3, 0.4) is 0 Å². The number of nitrogens with zero attached hydrogens (tertiary/aromatic N) is 1. The summed E-state index contributed by atoms with van der Waals surface area (Å²) in [5.41, 5.74) is 7.92. The topological polar surface area (TPSA) is 14.1 Å². The molecule has 1 aliphatic heterocycles. The van der Waals surface area contributed by atoms with E-state index in [2.05, 4.69) is 50.2 Å². The van der Waals surface area contributed by atoms with Gasteiger partial charge in [0, 0.05) is 11.1 Å². The Morgan fingerprint density at radius 1 is 0.842 bits per heavy atom. The quantitative estimate of drug-likeness (QED) is 0.608. The van der Waals surface area contributed by atoms with E-state index in [0.29, 0.717) is 0 Å². The van der Waals surface area contributed by atoms with Gasteiger partial charge in [0.05, 0.1) is 11.4 Å². The lowest BCUT2D eigenvalue weighted by atomic mass is 9.94. The van der Waals surface area contributed by atoms with Gasteiger partial charge in [0.1, 0.15) is 0 Å². The molecule has 0 aromatic heterocycles. The molecule has 1 aliphatic rings. The zero-order valence-corrected chi connectivity index (χ0v) is 11.7. The van der Waals surface area contributed by atoms with Crippen LogP contribution in [0.15, 0.2) is 36.4 Å². The monoisotopic (exact) mass is 250 g/mol. The Morgan fingerprint density at radius 3 is 2.42 bits per heavy atom. The minimum absolute atomic E-state index is 1.13. The first kappa shape index (κ1) is 12.3. The second-order valence-electron chi connectivity index (χ2n) is 5.23. The van der Waals surface area contributed by atoms with E-state index in [-0.39, 0.29) is 0 Å². The third kappa shape index (κ3) is 2.03. The van der Waals surface area contributed by atoms with E-state index in [1.807, 2.05) is 0 Å². The SMILES string of the molecule is CCCc1ccc2c(c1CCC)[N]c1ccccc1-2. The highest BCUT2D eigenvalue weighted by atomic mass is 14.9. The molecular weight excluding hydrogens is 230 g/mol. The lowest BCUT2D eigenvalue weighted by Crippen LogP contribution is -1.98. The maximum Gasteiger partial charge on any atom is 0.0751 e. The molecule has 1 radical (unpaired) electrons. The van der Waals surface area contributed by atoms with E-state index in [4.69, 9.17) is 5.32 Å². The Kier molecular flexibility index (Phi) is 3.29. The molecule has 0 atom stereocenters. The van der Waals surface area contributed by atoms with Gasteiger partial charge in [-0.3, -0.25) is 0 Å².